The van der Waals surface area contributed by atoms with E-state index in [4.69, 9.17) is 23.1 Å². The lowest BCUT2D eigenvalue weighted by Crippen LogP contribution is -2.53. The fourth-order valence-corrected chi connectivity index (χ4v) is 3.63. The van der Waals surface area contributed by atoms with Crippen molar-refractivity contribution in [3.8, 4) is 0 Å². The first-order chi connectivity index (χ1) is 9.10. The first kappa shape index (κ1) is 14.7. The highest BCUT2D eigenvalue weighted by molar-refractivity contribution is 7.80. The molecule has 0 bridgehead atoms. The van der Waals surface area contributed by atoms with Gasteiger partial charge in [0.2, 0.25) is 5.91 Å². The number of nitrogens with two attached hydrogens (primary N) is 1. The van der Waals surface area contributed by atoms with Gasteiger partial charge in [-0.1, -0.05) is 31.5 Å². The number of aliphatic hydroxyl groups excluding tert-OH is 1. The third kappa shape index (κ3) is 2.92. The average Bonchev–Trinajstić information content (AvgIpc) is 2.47. The van der Waals surface area contributed by atoms with Crippen molar-refractivity contribution >= 4 is 23.1 Å². The molecule has 3 N–H and O–H groups in total. The summed E-state index contributed by atoms with van der Waals surface area (Å²) in [5, 5.41) is 9.16. The van der Waals surface area contributed by atoms with E-state index >= 15 is 0 Å². The van der Waals surface area contributed by atoms with Gasteiger partial charge in [0, 0.05) is 19.7 Å². The van der Waals surface area contributed by atoms with Crippen LogP contribution in [0.4, 0.5) is 0 Å². The lowest BCUT2D eigenvalue weighted by atomic mass is 9.72. The quantitative estimate of drug-likeness (QED) is 0.770. The average molecular weight is 284 g/mol. The molecular weight excluding hydrogens is 260 g/mol. The SMILES string of the molecule is NC(=S)C1(C(=O)N2CCC(CO)CC2)CCCCC1. The van der Waals surface area contributed by atoms with Crippen LogP contribution in [0.1, 0.15) is 44.9 Å². The van der Waals surface area contributed by atoms with Crippen molar-refractivity contribution in [1.29, 1.82) is 0 Å². The second-order valence-corrected chi connectivity index (χ2v) is 6.36. The summed E-state index contributed by atoms with van der Waals surface area (Å²) in [5.74, 6) is 0.479. The fourth-order valence-electron chi connectivity index (χ4n) is 3.34. The monoisotopic (exact) mass is 284 g/mol. The number of likely N-dealkylation sites (tertiary alicyclic amines) is 1. The van der Waals surface area contributed by atoms with E-state index in [1.165, 1.54) is 6.42 Å². The van der Waals surface area contributed by atoms with Crippen LogP contribution in [-0.2, 0) is 4.79 Å². The normalized spacial score (nSPS) is 24.2. The number of carbonyl (C=O) groups is 1. The Morgan fingerprint density at radius 1 is 1.26 bits per heavy atom. The van der Waals surface area contributed by atoms with E-state index in [0.29, 0.717) is 10.9 Å². The predicted molar refractivity (Wildman–Crippen MR) is 78.7 cm³/mol. The minimum atomic E-state index is -0.584. The largest absolute Gasteiger partial charge is 0.396 e. The Morgan fingerprint density at radius 3 is 2.32 bits per heavy atom. The summed E-state index contributed by atoms with van der Waals surface area (Å²) in [6.45, 7) is 1.69. The van der Waals surface area contributed by atoms with Crippen LogP contribution in [0.25, 0.3) is 0 Å². The van der Waals surface area contributed by atoms with Crippen LogP contribution in [0.2, 0.25) is 0 Å². The highest BCUT2D eigenvalue weighted by atomic mass is 32.1. The molecule has 5 heteroatoms. The van der Waals surface area contributed by atoms with Crippen molar-refractivity contribution in [2.45, 2.75) is 44.9 Å². The molecule has 2 fully saturated rings. The molecule has 1 amide bonds. The van der Waals surface area contributed by atoms with Gasteiger partial charge in [-0.3, -0.25) is 4.79 Å². The van der Waals surface area contributed by atoms with Gasteiger partial charge >= 0.3 is 0 Å². The maximum atomic E-state index is 12.8. The Kier molecular flexibility index (Phi) is 4.79. The molecule has 2 rings (SSSR count). The molecule has 0 aromatic rings. The third-order valence-corrected chi connectivity index (χ3v) is 5.14. The number of amides is 1. The Morgan fingerprint density at radius 2 is 1.84 bits per heavy atom. The van der Waals surface area contributed by atoms with Crippen LogP contribution < -0.4 is 5.73 Å². The molecule has 0 aromatic heterocycles. The highest BCUT2D eigenvalue weighted by Crippen LogP contribution is 2.39. The summed E-state index contributed by atoms with van der Waals surface area (Å²) in [7, 11) is 0. The van der Waals surface area contributed by atoms with Crippen molar-refractivity contribution < 1.29 is 9.90 Å². The third-order valence-electron chi connectivity index (χ3n) is 4.75. The van der Waals surface area contributed by atoms with Crippen LogP contribution in [0.15, 0.2) is 0 Å². The van der Waals surface area contributed by atoms with E-state index in [0.717, 1.165) is 51.6 Å². The van der Waals surface area contributed by atoms with Crippen molar-refractivity contribution in [2.24, 2.45) is 17.1 Å². The molecule has 4 nitrogen and oxygen atoms in total. The van der Waals surface area contributed by atoms with Gasteiger partial charge in [-0.25, -0.2) is 0 Å². The molecule has 0 atom stereocenters. The van der Waals surface area contributed by atoms with E-state index in [-0.39, 0.29) is 12.5 Å². The number of hydrogen-bond acceptors (Lipinski definition) is 3. The molecule has 0 unspecified atom stereocenters. The molecule has 0 spiro atoms. The highest BCUT2D eigenvalue weighted by Gasteiger charge is 2.45. The molecule has 1 aliphatic carbocycles. The molecule has 1 heterocycles. The van der Waals surface area contributed by atoms with Crippen LogP contribution >= 0.6 is 12.2 Å². The van der Waals surface area contributed by atoms with Gasteiger partial charge in [0.15, 0.2) is 0 Å². The van der Waals surface area contributed by atoms with Gasteiger partial charge in [-0.15, -0.1) is 0 Å². The topological polar surface area (TPSA) is 66.6 Å². The predicted octanol–water partition coefficient (Wildman–Crippen LogP) is 1.45. The van der Waals surface area contributed by atoms with Gasteiger partial charge < -0.3 is 15.7 Å². The van der Waals surface area contributed by atoms with Crippen molar-refractivity contribution in [1.82, 2.24) is 4.90 Å². The van der Waals surface area contributed by atoms with Crippen LogP contribution in [0.5, 0.6) is 0 Å². The first-order valence-electron chi connectivity index (χ1n) is 7.30. The molecular formula is C14H24N2O2S. The molecule has 1 saturated heterocycles. The summed E-state index contributed by atoms with van der Waals surface area (Å²) in [4.78, 5) is 15.1. The smallest absolute Gasteiger partial charge is 0.235 e. The number of nitrogens with zero attached hydrogens (tertiary/aromatic N) is 1. The number of rotatable bonds is 3. The Hall–Kier alpha value is -0.680. The lowest BCUT2D eigenvalue weighted by molar-refractivity contribution is -0.141. The number of hydrogen-bond donors (Lipinski definition) is 2. The van der Waals surface area contributed by atoms with Crippen molar-refractivity contribution in [3.63, 3.8) is 0 Å². The van der Waals surface area contributed by atoms with Gasteiger partial charge in [0.1, 0.15) is 0 Å². The Labute approximate surface area is 120 Å². The molecule has 19 heavy (non-hydrogen) atoms. The summed E-state index contributed by atoms with van der Waals surface area (Å²) < 4.78 is 0. The van der Waals surface area contributed by atoms with E-state index in [9.17, 15) is 4.79 Å². The van der Waals surface area contributed by atoms with Crippen LogP contribution in [0, 0.1) is 11.3 Å². The zero-order valence-corrected chi connectivity index (χ0v) is 12.3. The second kappa shape index (κ2) is 6.18. The molecule has 108 valence electrons. The Balaban J connectivity index is 2.06. The second-order valence-electron chi connectivity index (χ2n) is 5.93. The summed E-state index contributed by atoms with van der Waals surface area (Å²) in [5.41, 5.74) is 5.32. The zero-order chi connectivity index (χ0) is 13.9. The maximum absolute atomic E-state index is 12.8. The van der Waals surface area contributed by atoms with E-state index < -0.39 is 5.41 Å². The van der Waals surface area contributed by atoms with E-state index in [1.807, 2.05) is 4.90 Å². The van der Waals surface area contributed by atoms with E-state index in [2.05, 4.69) is 0 Å². The fraction of sp³-hybridized carbons (Fsp3) is 0.857. The number of aliphatic hydroxyl groups is 1. The molecule has 1 saturated carbocycles. The molecule has 0 radical (unpaired) electrons. The molecule has 1 aliphatic heterocycles. The summed E-state index contributed by atoms with van der Waals surface area (Å²) >= 11 is 5.21. The van der Waals surface area contributed by atoms with Gasteiger partial charge in [0.25, 0.3) is 0 Å². The van der Waals surface area contributed by atoms with Crippen molar-refractivity contribution in [2.75, 3.05) is 19.7 Å². The van der Waals surface area contributed by atoms with E-state index in [1.54, 1.807) is 0 Å². The molecule has 2 aliphatic rings. The molecule has 0 aromatic carbocycles. The lowest BCUT2D eigenvalue weighted by Gasteiger charge is -2.41. The first-order valence-corrected chi connectivity index (χ1v) is 7.71. The number of piperidine rings is 1. The summed E-state index contributed by atoms with van der Waals surface area (Å²) in [6, 6.07) is 0. The van der Waals surface area contributed by atoms with Crippen LogP contribution in [-0.4, -0.2) is 40.6 Å². The van der Waals surface area contributed by atoms with Gasteiger partial charge in [-0.05, 0) is 31.6 Å². The Bertz CT molecular complexity index is 345. The number of carbonyl (C=O) groups excluding carboxylic acids is 1. The minimum absolute atomic E-state index is 0.135. The van der Waals surface area contributed by atoms with Gasteiger partial charge in [-0.2, -0.15) is 0 Å². The standard InChI is InChI=1S/C14H24N2O2S/c15-12(19)14(6-2-1-3-7-14)13(18)16-8-4-11(10-17)5-9-16/h11,17H,1-10H2,(H2,15,19). The van der Waals surface area contributed by atoms with Crippen molar-refractivity contribution in [3.05, 3.63) is 0 Å². The zero-order valence-electron chi connectivity index (χ0n) is 11.4. The maximum Gasteiger partial charge on any atom is 0.235 e. The van der Waals surface area contributed by atoms with Gasteiger partial charge in [0.05, 0.1) is 10.4 Å². The van der Waals surface area contributed by atoms with Crippen LogP contribution in [0.3, 0.4) is 0 Å². The number of thiocarbonyl (C=S) groups is 1. The summed E-state index contributed by atoms with van der Waals surface area (Å²) in [6.07, 6.45) is 6.63. The minimum Gasteiger partial charge on any atom is -0.396 e.